The van der Waals surface area contributed by atoms with Crippen LogP contribution in [0, 0.1) is 13.8 Å². The SMILES string of the molecule is Cc1cc(OCCCC(=O)NCCNC(=O)C(CS(=O)(=O)O)NC(=O)[C@H](CS(=O)(=O)O)NC(=O)CN2CCN(CC(=O)O)CCN(CC(=O)O)CCN(CC(=O)O)CC2)cc(C)c1S(=O)(=O)N[C@H](CNC(=O)c1ccc(CCc2ccc3c(n2)NCCC3)cc1)C(=O)O. The number of carboxylic acids is 4. The molecule has 5 rings (SSSR count). The number of carbonyl (C=O) groups is 9. The smallest absolute Gasteiger partial charge is 0.323 e. The van der Waals surface area contributed by atoms with Gasteiger partial charge in [0.15, 0.2) is 0 Å². The minimum Gasteiger partial charge on any atom is -0.494 e. The van der Waals surface area contributed by atoms with E-state index in [2.05, 4.69) is 37.4 Å². The Balaban J connectivity index is 1.08. The second-order valence-electron chi connectivity index (χ2n) is 22.2. The number of sulfonamides is 1. The number of fused-ring (bicyclic) bond motifs is 1. The monoisotopic (exact) mass is 1370 g/mol. The lowest BCUT2D eigenvalue weighted by Crippen LogP contribution is -2.58. The summed E-state index contributed by atoms with van der Waals surface area (Å²) in [5, 5.41) is 53.0. The molecule has 2 aliphatic rings. The van der Waals surface area contributed by atoms with Crippen LogP contribution in [-0.4, -0.2) is 274 Å². The van der Waals surface area contributed by atoms with Crippen LogP contribution < -0.4 is 41.4 Å². The van der Waals surface area contributed by atoms with E-state index in [4.69, 9.17) is 9.72 Å². The summed E-state index contributed by atoms with van der Waals surface area (Å²) >= 11 is 0. The van der Waals surface area contributed by atoms with E-state index in [9.17, 15) is 97.9 Å². The molecule has 0 saturated carbocycles. The summed E-state index contributed by atoms with van der Waals surface area (Å²) in [6, 6.07) is 7.47. The number of amides is 5. The van der Waals surface area contributed by atoms with Crippen molar-refractivity contribution in [1.29, 1.82) is 0 Å². The van der Waals surface area contributed by atoms with Crippen LogP contribution in [0.1, 0.15) is 57.6 Å². The van der Waals surface area contributed by atoms with Crippen molar-refractivity contribution < 1.29 is 103 Å². The fraction of sp³-hybridized carbons (Fsp3) is 0.536. The van der Waals surface area contributed by atoms with E-state index in [1.165, 1.54) is 51.1 Å². The van der Waals surface area contributed by atoms with Crippen LogP contribution in [0.4, 0.5) is 5.82 Å². The van der Waals surface area contributed by atoms with Gasteiger partial charge in [-0.15, -0.1) is 0 Å². The maximum absolute atomic E-state index is 13.6. The van der Waals surface area contributed by atoms with Crippen molar-refractivity contribution in [2.45, 2.75) is 75.4 Å². The minimum absolute atomic E-state index is 0.0325. The number of ether oxygens (including phenoxy) is 1. The van der Waals surface area contributed by atoms with Gasteiger partial charge in [0, 0.05) is 96.2 Å². The number of nitrogens with one attached hydrogen (secondary N) is 7. The van der Waals surface area contributed by atoms with Crippen LogP contribution in [0.25, 0.3) is 0 Å². The molecule has 0 spiro atoms. The predicted octanol–water partition coefficient (Wildman–Crippen LogP) is -3.38. The molecule has 37 heteroatoms. The highest BCUT2D eigenvalue weighted by atomic mass is 32.2. The zero-order valence-electron chi connectivity index (χ0n) is 51.2. The van der Waals surface area contributed by atoms with Crippen molar-refractivity contribution in [1.82, 2.24) is 55.9 Å². The lowest BCUT2D eigenvalue weighted by molar-refractivity contribution is -0.140. The molecule has 1 unspecified atom stereocenters. The maximum atomic E-state index is 13.6. The van der Waals surface area contributed by atoms with Gasteiger partial charge in [-0.3, -0.25) is 71.9 Å². The van der Waals surface area contributed by atoms with Gasteiger partial charge in [-0.25, -0.2) is 13.4 Å². The fourth-order valence-electron chi connectivity index (χ4n) is 10.1. The number of aromatic nitrogens is 1. The van der Waals surface area contributed by atoms with Crippen molar-refractivity contribution >= 4 is 89.5 Å². The van der Waals surface area contributed by atoms with Gasteiger partial charge < -0.3 is 57.1 Å². The van der Waals surface area contributed by atoms with Crippen LogP contribution in [0.3, 0.4) is 0 Å². The number of aryl methyl sites for hydroxylation is 5. The molecule has 0 aliphatic carbocycles. The third kappa shape index (κ3) is 27.6. The van der Waals surface area contributed by atoms with Crippen LogP contribution in [0.2, 0.25) is 0 Å². The van der Waals surface area contributed by atoms with Gasteiger partial charge in [-0.05, 0) is 98.5 Å². The second kappa shape index (κ2) is 35.9. The number of hydrogen-bond donors (Lipinski definition) is 13. The quantitative estimate of drug-likeness (QED) is 0.0205. The average Bonchev–Trinajstić information content (AvgIpc) is 0.828. The van der Waals surface area contributed by atoms with E-state index in [-0.39, 0.29) is 106 Å². The summed E-state index contributed by atoms with van der Waals surface area (Å²) in [7, 11) is -14.7. The Bertz CT molecular complexity index is 3450. The molecular formula is C56H80N12O22S3. The third-order valence-corrected chi connectivity index (χ3v) is 17.9. The Kier molecular flexibility index (Phi) is 29.2. The molecule has 13 N–H and O–H groups in total. The van der Waals surface area contributed by atoms with Gasteiger partial charge >= 0.3 is 23.9 Å². The van der Waals surface area contributed by atoms with Gasteiger partial charge in [0.1, 0.15) is 41.2 Å². The summed E-state index contributed by atoms with van der Waals surface area (Å²) in [5.41, 5.74) is 3.65. The fourth-order valence-corrected chi connectivity index (χ4v) is 13.0. The number of anilines is 1. The normalized spacial score (nSPS) is 15.9. The number of rotatable bonds is 34. The molecule has 1 fully saturated rings. The van der Waals surface area contributed by atoms with Crippen molar-refractivity contribution in [3.8, 4) is 5.75 Å². The zero-order chi connectivity index (χ0) is 68.6. The molecule has 34 nitrogen and oxygen atoms in total. The Morgan fingerprint density at radius 2 is 1.13 bits per heavy atom. The largest absolute Gasteiger partial charge is 0.494 e. The molecule has 2 aliphatic heterocycles. The van der Waals surface area contributed by atoms with Crippen molar-refractivity contribution in [2.24, 2.45) is 0 Å². The van der Waals surface area contributed by atoms with Gasteiger partial charge in [0.25, 0.3) is 26.1 Å². The van der Waals surface area contributed by atoms with Gasteiger partial charge in [-0.2, -0.15) is 21.6 Å². The molecule has 5 amide bonds. The van der Waals surface area contributed by atoms with Crippen LogP contribution in [0.15, 0.2) is 53.4 Å². The lowest BCUT2D eigenvalue weighted by atomic mass is 10.0. The molecule has 2 aromatic carbocycles. The van der Waals surface area contributed by atoms with Crippen LogP contribution in [-0.2, 0) is 87.9 Å². The van der Waals surface area contributed by atoms with Crippen molar-refractivity contribution in [2.75, 3.05) is 128 Å². The Labute approximate surface area is 537 Å². The first-order valence-corrected chi connectivity index (χ1v) is 34.1. The topological polar surface area (TPSA) is 497 Å². The highest BCUT2D eigenvalue weighted by Gasteiger charge is 2.34. The first kappa shape index (κ1) is 75.7. The molecule has 3 atom stereocenters. The molecule has 1 aromatic heterocycles. The number of carboxylic acid groups (broad SMARTS) is 4. The summed E-state index contributed by atoms with van der Waals surface area (Å²) in [4.78, 5) is 123. The standard InChI is InChI=1S/C56H80N12O22S3/c1-36-27-42(28-37(2)51(36)93(88,89)64-43(56(80)81)29-60-53(77)40-10-7-38(8-11-40)9-13-41-14-12-39-5-3-15-58-52(39)61-41)90-26-4-6-46(69)57-16-17-59-54(78)44(34-91(82,83)84)63-55(79)45(35-92(85,86)87)62-47(70)30-65-18-20-66(31-48(71)72)22-24-68(33-50(75)76)25-23-67(21-19-65)32-49(73)74/h7-8,10-12,14,27-28,43-45,64H,3-6,9,13,15-26,29-35H2,1-2H3,(H,57,69)(H,58,61)(H,59,78)(H,60,77)(H,62,70)(H,63,79)(H,71,72)(H,73,74)(H,75,76)(H,80,81)(H,82,83,84)(H,85,86,87)/t43-,44?,45+/m1/s1. The average molecular weight is 1370 g/mol. The first-order chi connectivity index (χ1) is 43.7. The lowest BCUT2D eigenvalue weighted by Gasteiger charge is -2.33. The Morgan fingerprint density at radius 1 is 0.613 bits per heavy atom. The number of nitrogens with zero attached hydrogens (tertiary/aromatic N) is 5. The predicted molar refractivity (Wildman–Crippen MR) is 331 cm³/mol. The number of carbonyl (C=O) groups excluding carboxylic acids is 5. The van der Waals surface area contributed by atoms with Crippen molar-refractivity contribution in [3.05, 3.63) is 82.0 Å². The minimum atomic E-state index is -5.11. The van der Waals surface area contributed by atoms with Crippen LogP contribution >= 0.6 is 0 Å². The van der Waals surface area contributed by atoms with Crippen molar-refractivity contribution in [3.63, 3.8) is 0 Å². The Morgan fingerprint density at radius 3 is 1.65 bits per heavy atom. The summed E-state index contributed by atoms with van der Waals surface area (Å²) < 4.78 is 103. The first-order valence-electron chi connectivity index (χ1n) is 29.4. The molecule has 3 aromatic rings. The molecule has 514 valence electrons. The number of hydrogen-bond acceptors (Lipinski definition) is 22. The van der Waals surface area contributed by atoms with Gasteiger partial charge in [0.05, 0.1) is 37.7 Å². The third-order valence-electron chi connectivity index (χ3n) is 14.6. The summed E-state index contributed by atoms with van der Waals surface area (Å²) in [6.45, 7) is 0.425. The van der Waals surface area contributed by atoms with E-state index in [1.807, 2.05) is 11.4 Å². The highest BCUT2D eigenvalue weighted by molar-refractivity contribution is 7.89. The second-order valence-corrected chi connectivity index (χ2v) is 26.8. The summed E-state index contributed by atoms with van der Waals surface area (Å²) in [6.07, 6.45) is 3.33. The molecule has 3 heterocycles. The molecule has 0 radical (unpaired) electrons. The number of pyridine rings is 1. The van der Waals surface area contributed by atoms with Gasteiger partial charge in [-0.1, -0.05) is 18.2 Å². The maximum Gasteiger partial charge on any atom is 0.323 e. The highest BCUT2D eigenvalue weighted by Crippen LogP contribution is 2.27. The molecule has 0 bridgehead atoms. The summed E-state index contributed by atoms with van der Waals surface area (Å²) in [5.74, 6) is -12.1. The number of benzene rings is 2. The van der Waals surface area contributed by atoms with E-state index in [0.29, 0.717) is 12.8 Å². The zero-order valence-corrected chi connectivity index (χ0v) is 53.7. The van der Waals surface area contributed by atoms with E-state index < -0.39 is 153 Å². The van der Waals surface area contributed by atoms with E-state index in [0.717, 1.165) is 36.5 Å². The number of aliphatic carboxylic acids is 4. The molecular weight excluding hydrogens is 1290 g/mol. The molecule has 1 saturated heterocycles. The van der Waals surface area contributed by atoms with E-state index >= 15 is 0 Å². The molecule has 93 heavy (non-hydrogen) atoms. The van der Waals surface area contributed by atoms with Crippen LogP contribution in [0.5, 0.6) is 5.75 Å². The van der Waals surface area contributed by atoms with E-state index in [1.54, 1.807) is 24.3 Å². The Hall–Kier alpha value is -8.01. The van der Waals surface area contributed by atoms with Gasteiger partial charge in [0.2, 0.25) is 33.7 Å².